The van der Waals surface area contributed by atoms with Gasteiger partial charge in [0.15, 0.2) is 5.13 Å². The predicted molar refractivity (Wildman–Crippen MR) is 149 cm³/mol. The van der Waals surface area contributed by atoms with Crippen molar-refractivity contribution in [2.75, 3.05) is 25.6 Å². The van der Waals surface area contributed by atoms with Gasteiger partial charge >= 0.3 is 11.9 Å². The van der Waals surface area contributed by atoms with E-state index in [1.54, 1.807) is 27.2 Å². The van der Waals surface area contributed by atoms with Gasteiger partial charge in [0.25, 0.3) is 0 Å². The number of benzene rings is 2. The number of methoxy groups -OCH3 is 1. The Labute approximate surface area is 228 Å². The van der Waals surface area contributed by atoms with Crippen molar-refractivity contribution in [3.8, 4) is 5.75 Å². The van der Waals surface area contributed by atoms with Crippen molar-refractivity contribution in [3.05, 3.63) is 89.1 Å². The quantitative estimate of drug-likeness (QED) is 0.390. The third-order valence-corrected chi connectivity index (χ3v) is 7.01. The van der Waals surface area contributed by atoms with E-state index in [1.165, 1.54) is 11.3 Å². The number of carbonyl (C=O) groups excluding carboxylic acids is 2. The lowest BCUT2D eigenvalue weighted by Gasteiger charge is -2.48. The zero-order valence-corrected chi connectivity index (χ0v) is 23.2. The molecule has 0 radical (unpaired) electrons. The van der Waals surface area contributed by atoms with E-state index in [4.69, 9.17) is 14.2 Å². The summed E-state index contributed by atoms with van der Waals surface area (Å²) in [5.74, 6) is 0.0140. The topological polar surface area (TPSA) is 98.8 Å². The molecule has 1 aliphatic rings. The molecule has 38 heavy (non-hydrogen) atoms. The van der Waals surface area contributed by atoms with Crippen molar-refractivity contribution in [1.29, 1.82) is 0 Å². The van der Waals surface area contributed by atoms with Crippen molar-refractivity contribution in [2.24, 2.45) is 0 Å². The molecular weight excluding hydrogens is 502 g/mol. The number of ether oxygens (including phenoxy) is 3. The molecule has 0 amide bonds. The molecule has 8 nitrogen and oxygen atoms in total. The molecule has 0 spiro atoms. The first kappa shape index (κ1) is 28.7. The lowest BCUT2D eigenvalue weighted by Crippen LogP contribution is -2.66. The standard InChI is InChI=1S/C22H27N3O4S.C7H8O/c1-5-28-19(26)17-14(3)24-15(4)22(20(27)29-6-2,16-10-8-7-9-11-16)18(17)25-21-23-12-13-30-21;1-8-7-5-3-2-4-6-7/h7-13,15,18,24H,5-6H2,1-4H3,(H,23,25);2-6H,1H3. The lowest BCUT2D eigenvalue weighted by molar-refractivity contribution is -0.152. The molecule has 0 aliphatic carbocycles. The molecule has 0 bridgehead atoms. The molecule has 1 aliphatic heterocycles. The number of hydrogen-bond donors (Lipinski definition) is 2. The zero-order valence-electron chi connectivity index (χ0n) is 22.4. The smallest absolute Gasteiger partial charge is 0.337 e. The average Bonchev–Trinajstić information content (AvgIpc) is 3.44. The normalized spacial score (nSPS) is 20.3. The van der Waals surface area contributed by atoms with Gasteiger partial charge in [-0.05, 0) is 45.4 Å². The van der Waals surface area contributed by atoms with Gasteiger partial charge in [-0.15, -0.1) is 11.3 Å². The van der Waals surface area contributed by atoms with Crippen molar-refractivity contribution in [2.45, 2.75) is 45.2 Å². The Bertz CT molecular complexity index is 1200. The van der Waals surface area contributed by atoms with Crippen LogP contribution in [0.5, 0.6) is 5.75 Å². The van der Waals surface area contributed by atoms with Gasteiger partial charge in [0.1, 0.15) is 11.2 Å². The molecule has 0 saturated carbocycles. The van der Waals surface area contributed by atoms with Crippen LogP contribution < -0.4 is 15.4 Å². The highest BCUT2D eigenvalue weighted by Crippen LogP contribution is 2.42. The van der Waals surface area contributed by atoms with Crippen LogP contribution in [0.15, 0.2) is 83.5 Å². The number of allylic oxidation sites excluding steroid dienone is 1. The van der Waals surface area contributed by atoms with Gasteiger partial charge < -0.3 is 24.8 Å². The number of esters is 2. The summed E-state index contributed by atoms with van der Waals surface area (Å²) in [6.45, 7) is 7.72. The van der Waals surface area contributed by atoms with Crippen LogP contribution in [0.3, 0.4) is 0 Å². The Morgan fingerprint density at radius 1 is 1.03 bits per heavy atom. The summed E-state index contributed by atoms with van der Waals surface area (Å²) < 4.78 is 15.8. The van der Waals surface area contributed by atoms with E-state index in [2.05, 4.69) is 15.6 Å². The molecule has 3 atom stereocenters. The molecule has 2 N–H and O–H groups in total. The van der Waals surface area contributed by atoms with Crippen molar-refractivity contribution in [3.63, 3.8) is 0 Å². The zero-order chi connectivity index (χ0) is 27.5. The van der Waals surface area contributed by atoms with E-state index in [-0.39, 0.29) is 19.3 Å². The van der Waals surface area contributed by atoms with Gasteiger partial charge in [-0.3, -0.25) is 4.79 Å². The Morgan fingerprint density at radius 2 is 1.66 bits per heavy atom. The summed E-state index contributed by atoms with van der Waals surface area (Å²) in [5, 5.41) is 9.12. The molecule has 2 aromatic carbocycles. The summed E-state index contributed by atoms with van der Waals surface area (Å²) in [7, 11) is 1.66. The van der Waals surface area contributed by atoms with Crippen LogP contribution in [-0.4, -0.2) is 49.3 Å². The molecule has 202 valence electrons. The Kier molecular flexibility index (Phi) is 10.3. The van der Waals surface area contributed by atoms with Crippen LogP contribution in [0.2, 0.25) is 0 Å². The summed E-state index contributed by atoms with van der Waals surface area (Å²) >= 11 is 1.40. The van der Waals surface area contributed by atoms with Crippen molar-refractivity contribution >= 4 is 28.4 Å². The van der Waals surface area contributed by atoms with E-state index in [0.29, 0.717) is 16.4 Å². The molecule has 0 fully saturated rings. The van der Waals surface area contributed by atoms with E-state index in [1.807, 2.05) is 79.9 Å². The van der Waals surface area contributed by atoms with E-state index >= 15 is 0 Å². The minimum atomic E-state index is -1.22. The number of nitrogens with one attached hydrogen (secondary N) is 2. The average molecular weight is 538 g/mol. The molecule has 4 rings (SSSR count). The van der Waals surface area contributed by atoms with Crippen LogP contribution in [0, 0.1) is 0 Å². The van der Waals surface area contributed by atoms with Gasteiger partial charge in [-0.1, -0.05) is 48.5 Å². The van der Waals surface area contributed by atoms with Crippen molar-refractivity contribution in [1.82, 2.24) is 10.3 Å². The number of thiazole rings is 1. The summed E-state index contributed by atoms with van der Waals surface area (Å²) in [5.41, 5.74) is 0.546. The first-order valence-electron chi connectivity index (χ1n) is 12.5. The van der Waals surface area contributed by atoms with Gasteiger partial charge in [0.05, 0.1) is 31.9 Å². The van der Waals surface area contributed by atoms with E-state index in [9.17, 15) is 9.59 Å². The summed E-state index contributed by atoms with van der Waals surface area (Å²) in [4.78, 5) is 31.0. The first-order valence-corrected chi connectivity index (χ1v) is 13.4. The fourth-order valence-corrected chi connectivity index (χ4v) is 5.20. The maximum Gasteiger partial charge on any atom is 0.337 e. The van der Waals surface area contributed by atoms with E-state index in [0.717, 1.165) is 11.3 Å². The SMILES string of the molecule is CCOC(=O)C1=C(C)NC(C)C(C(=O)OCC)(c2ccccc2)C1Nc1nccs1.COc1ccccc1. The van der Waals surface area contributed by atoms with Crippen LogP contribution in [-0.2, 0) is 24.5 Å². The minimum Gasteiger partial charge on any atom is -0.497 e. The fraction of sp³-hybridized carbons (Fsp3) is 0.345. The molecule has 3 aromatic rings. The number of nitrogens with zero attached hydrogens (tertiary/aromatic N) is 1. The van der Waals surface area contributed by atoms with Gasteiger partial charge in [0, 0.05) is 23.3 Å². The van der Waals surface area contributed by atoms with Gasteiger partial charge in [-0.2, -0.15) is 0 Å². The number of anilines is 1. The number of aromatic nitrogens is 1. The second-order valence-corrected chi connectivity index (χ2v) is 9.41. The second-order valence-electron chi connectivity index (χ2n) is 8.51. The highest BCUT2D eigenvalue weighted by atomic mass is 32.1. The maximum absolute atomic E-state index is 13.6. The third-order valence-electron chi connectivity index (χ3n) is 6.30. The number of hydrogen-bond acceptors (Lipinski definition) is 9. The molecule has 9 heteroatoms. The van der Waals surface area contributed by atoms with Gasteiger partial charge in [-0.25, -0.2) is 9.78 Å². The van der Waals surface area contributed by atoms with Gasteiger partial charge in [0.2, 0.25) is 0 Å². The second kappa shape index (κ2) is 13.6. The molecular formula is C29H35N3O5S. The highest BCUT2D eigenvalue weighted by Gasteiger charge is 2.58. The predicted octanol–water partition coefficient (Wildman–Crippen LogP) is 4.95. The molecule has 1 aromatic heterocycles. The number of para-hydroxylation sites is 1. The molecule has 3 unspecified atom stereocenters. The summed E-state index contributed by atoms with van der Waals surface area (Å²) in [6.07, 6.45) is 1.67. The Hall–Kier alpha value is -3.85. The van der Waals surface area contributed by atoms with Crippen LogP contribution in [0.25, 0.3) is 0 Å². The van der Waals surface area contributed by atoms with Crippen LogP contribution in [0.4, 0.5) is 5.13 Å². The molecule has 2 heterocycles. The Balaban J connectivity index is 0.000000427. The van der Waals surface area contributed by atoms with E-state index < -0.39 is 23.4 Å². The highest BCUT2D eigenvalue weighted by molar-refractivity contribution is 7.13. The lowest BCUT2D eigenvalue weighted by atomic mass is 9.64. The largest absolute Gasteiger partial charge is 0.497 e. The van der Waals surface area contributed by atoms with Crippen LogP contribution >= 0.6 is 11.3 Å². The minimum absolute atomic E-state index is 0.224. The number of carbonyl (C=O) groups is 2. The fourth-order valence-electron chi connectivity index (χ4n) is 4.64. The monoisotopic (exact) mass is 537 g/mol. The van der Waals surface area contributed by atoms with Crippen LogP contribution in [0.1, 0.15) is 33.3 Å². The molecule has 0 saturated heterocycles. The maximum atomic E-state index is 13.6. The summed E-state index contributed by atoms with van der Waals surface area (Å²) in [6, 6.07) is 18.0. The number of rotatable bonds is 8. The Morgan fingerprint density at radius 3 is 2.18 bits per heavy atom. The first-order chi connectivity index (χ1) is 18.4. The van der Waals surface area contributed by atoms with Crippen molar-refractivity contribution < 1.29 is 23.8 Å². The third kappa shape index (κ3) is 6.16.